The molecule has 1 aromatic heterocycles. The number of carbonyl (C=O) groups is 1. The van der Waals surface area contributed by atoms with Gasteiger partial charge in [-0.05, 0) is 12.0 Å². The van der Waals surface area contributed by atoms with Gasteiger partial charge in [0.05, 0.1) is 5.49 Å². The van der Waals surface area contributed by atoms with Crippen LogP contribution in [0.1, 0.15) is 22.8 Å². The van der Waals surface area contributed by atoms with Crippen LogP contribution in [0, 0.1) is 0 Å². The van der Waals surface area contributed by atoms with Gasteiger partial charge in [-0.1, -0.05) is 19.1 Å². The predicted molar refractivity (Wildman–Crippen MR) is 65.0 cm³/mol. The van der Waals surface area contributed by atoms with Crippen LogP contribution in [0.3, 0.4) is 0 Å². The van der Waals surface area contributed by atoms with Crippen LogP contribution in [-0.2, 0) is 6.42 Å². The molecule has 5 nitrogen and oxygen atoms in total. The maximum absolute atomic E-state index is 11.6. The standard InChI is InChI=1S/C10H12N2O3S/c1-3-6-4-7(13)15-10(12-5-16)8(6)9(14)11-2/h4-5H,3H2,1-2H3,(H,11,14)(H,12,16). The van der Waals surface area contributed by atoms with Crippen LogP contribution in [0.4, 0.5) is 5.88 Å². The van der Waals surface area contributed by atoms with E-state index in [-0.39, 0.29) is 11.8 Å². The lowest BCUT2D eigenvalue weighted by Gasteiger charge is -2.09. The Bertz CT molecular complexity index is 468. The predicted octanol–water partition coefficient (Wildman–Crippen LogP) is 0.931. The first-order valence-corrected chi connectivity index (χ1v) is 5.20. The van der Waals surface area contributed by atoms with E-state index in [0.717, 1.165) is 0 Å². The van der Waals surface area contributed by atoms with Crippen LogP contribution in [0.5, 0.6) is 0 Å². The second-order valence-electron chi connectivity index (χ2n) is 2.99. The van der Waals surface area contributed by atoms with Crippen molar-refractivity contribution >= 4 is 29.5 Å². The molecular formula is C10H12N2O3S. The van der Waals surface area contributed by atoms with Crippen molar-refractivity contribution in [2.45, 2.75) is 13.3 Å². The molecule has 1 amide bonds. The quantitative estimate of drug-likeness (QED) is 0.766. The van der Waals surface area contributed by atoms with E-state index in [0.29, 0.717) is 17.5 Å². The summed E-state index contributed by atoms with van der Waals surface area (Å²) in [5.74, 6) is -0.237. The molecule has 0 unspecified atom stereocenters. The first-order chi connectivity index (χ1) is 7.63. The molecule has 1 heterocycles. The van der Waals surface area contributed by atoms with Crippen molar-refractivity contribution in [1.82, 2.24) is 5.32 Å². The Morgan fingerprint density at radius 1 is 1.62 bits per heavy atom. The number of hydrogen-bond acceptors (Lipinski definition) is 4. The molecule has 0 atom stereocenters. The highest BCUT2D eigenvalue weighted by atomic mass is 32.1. The van der Waals surface area contributed by atoms with E-state index in [1.807, 2.05) is 6.92 Å². The number of thiocarbonyl (C=S) groups is 1. The lowest BCUT2D eigenvalue weighted by atomic mass is 10.1. The molecule has 0 aliphatic heterocycles. The summed E-state index contributed by atoms with van der Waals surface area (Å²) in [6.07, 6.45) is 0.556. The van der Waals surface area contributed by atoms with E-state index in [2.05, 4.69) is 22.9 Å². The third-order valence-electron chi connectivity index (χ3n) is 2.07. The number of hydrogen-bond donors (Lipinski definition) is 2. The maximum Gasteiger partial charge on any atom is 0.337 e. The number of anilines is 1. The third kappa shape index (κ3) is 2.46. The third-order valence-corrected chi connectivity index (χ3v) is 2.19. The lowest BCUT2D eigenvalue weighted by molar-refractivity contribution is 0.0961. The van der Waals surface area contributed by atoms with Crippen molar-refractivity contribution in [3.8, 4) is 0 Å². The van der Waals surface area contributed by atoms with Crippen LogP contribution in [0.15, 0.2) is 15.3 Å². The number of carbonyl (C=O) groups excluding carboxylic acids is 1. The molecule has 86 valence electrons. The summed E-state index contributed by atoms with van der Waals surface area (Å²) in [6, 6.07) is 1.30. The average Bonchev–Trinajstić information content (AvgIpc) is 2.27. The summed E-state index contributed by atoms with van der Waals surface area (Å²) in [7, 11) is 1.51. The first kappa shape index (κ1) is 12.4. The monoisotopic (exact) mass is 240 g/mol. The Kier molecular flexibility index (Phi) is 4.19. The molecule has 6 heteroatoms. The highest BCUT2D eigenvalue weighted by Gasteiger charge is 2.17. The van der Waals surface area contributed by atoms with Crippen molar-refractivity contribution in [2.24, 2.45) is 0 Å². The molecule has 0 aliphatic carbocycles. The molecule has 0 bridgehead atoms. The second kappa shape index (κ2) is 5.41. The van der Waals surface area contributed by atoms with Gasteiger partial charge < -0.3 is 15.1 Å². The molecule has 0 saturated heterocycles. The molecule has 0 spiro atoms. The van der Waals surface area contributed by atoms with E-state index in [4.69, 9.17) is 4.42 Å². The molecular weight excluding hydrogens is 228 g/mol. The van der Waals surface area contributed by atoms with Crippen molar-refractivity contribution in [2.75, 3.05) is 12.4 Å². The Hall–Kier alpha value is -1.69. The Balaban J connectivity index is 3.43. The summed E-state index contributed by atoms with van der Waals surface area (Å²) >= 11 is 4.61. The lowest BCUT2D eigenvalue weighted by Crippen LogP contribution is -2.23. The van der Waals surface area contributed by atoms with Crippen molar-refractivity contribution in [1.29, 1.82) is 0 Å². The van der Waals surface area contributed by atoms with Crippen LogP contribution in [0.25, 0.3) is 0 Å². The summed E-state index contributed by atoms with van der Waals surface area (Å²) in [5, 5.41) is 5.05. The fourth-order valence-electron chi connectivity index (χ4n) is 1.35. The Morgan fingerprint density at radius 2 is 2.31 bits per heavy atom. The Labute approximate surface area is 97.8 Å². The number of aryl methyl sites for hydroxylation is 1. The second-order valence-corrected chi connectivity index (χ2v) is 3.23. The highest BCUT2D eigenvalue weighted by molar-refractivity contribution is 7.79. The SMILES string of the molecule is CCc1cc(=O)oc(NC=S)c1C(=O)NC. The summed E-state index contributed by atoms with van der Waals surface area (Å²) in [4.78, 5) is 22.9. The molecule has 2 N–H and O–H groups in total. The van der Waals surface area contributed by atoms with Crippen molar-refractivity contribution in [3.63, 3.8) is 0 Å². The van der Waals surface area contributed by atoms with Gasteiger partial charge in [-0.15, -0.1) is 0 Å². The van der Waals surface area contributed by atoms with Gasteiger partial charge in [-0.3, -0.25) is 4.79 Å². The van der Waals surface area contributed by atoms with Crippen molar-refractivity contribution < 1.29 is 9.21 Å². The molecule has 0 aromatic carbocycles. The fraction of sp³-hybridized carbons (Fsp3) is 0.300. The van der Waals surface area contributed by atoms with Crippen molar-refractivity contribution in [3.05, 3.63) is 27.6 Å². The van der Waals surface area contributed by atoms with Gasteiger partial charge in [-0.25, -0.2) is 4.79 Å². The van der Waals surface area contributed by atoms with Gasteiger partial charge in [0.15, 0.2) is 0 Å². The van der Waals surface area contributed by atoms with Gasteiger partial charge >= 0.3 is 5.63 Å². The average molecular weight is 240 g/mol. The topological polar surface area (TPSA) is 71.3 Å². The van der Waals surface area contributed by atoms with Gasteiger partial charge in [-0.2, -0.15) is 0 Å². The van der Waals surface area contributed by atoms with Crippen LogP contribution >= 0.6 is 12.2 Å². The zero-order chi connectivity index (χ0) is 12.1. The highest BCUT2D eigenvalue weighted by Crippen LogP contribution is 2.17. The number of nitrogens with one attached hydrogen (secondary N) is 2. The minimum atomic E-state index is -0.510. The smallest absolute Gasteiger partial charge is 0.337 e. The fourth-order valence-corrected chi connectivity index (χ4v) is 1.46. The summed E-state index contributed by atoms with van der Waals surface area (Å²) in [5.41, 5.74) is 1.61. The normalized spacial score (nSPS) is 9.62. The molecule has 0 radical (unpaired) electrons. The molecule has 16 heavy (non-hydrogen) atoms. The van der Waals surface area contributed by atoms with Gasteiger partial charge in [0.2, 0.25) is 5.88 Å². The minimum Gasteiger partial charge on any atom is -0.405 e. The van der Waals surface area contributed by atoms with E-state index >= 15 is 0 Å². The summed E-state index contributed by atoms with van der Waals surface area (Å²) in [6.45, 7) is 1.85. The largest absolute Gasteiger partial charge is 0.405 e. The van der Waals surface area contributed by atoms with Crippen LogP contribution < -0.4 is 16.3 Å². The number of amides is 1. The molecule has 0 fully saturated rings. The van der Waals surface area contributed by atoms with E-state index in [1.165, 1.54) is 18.6 Å². The molecule has 0 aliphatic rings. The number of rotatable bonds is 4. The molecule has 1 rings (SSSR count). The van der Waals surface area contributed by atoms with Crippen LogP contribution in [0.2, 0.25) is 0 Å². The molecule has 1 aromatic rings. The van der Waals surface area contributed by atoms with E-state index in [9.17, 15) is 9.59 Å². The maximum atomic E-state index is 11.6. The Morgan fingerprint density at radius 3 is 2.81 bits per heavy atom. The van der Waals surface area contributed by atoms with Gasteiger partial charge in [0.1, 0.15) is 5.56 Å². The zero-order valence-electron chi connectivity index (χ0n) is 8.99. The van der Waals surface area contributed by atoms with Crippen LogP contribution in [-0.4, -0.2) is 18.4 Å². The molecule has 0 saturated carbocycles. The minimum absolute atomic E-state index is 0.0821. The zero-order valence-corrected chi connectivity index (χ0v) is 9.81. The summed E-state index contributed by atoms with van der Waals surface area (Å²) < 4.78 is 4.89. The van der Waals surface area contributed by atoms with Gasteiger partial charge in [0, 0.05) is 13.1 Å². The van der Waals surface area contributed by atoms with E-state index in [1.54, 1.807) is 0 Å². The van der Waals surface area contributed by atoms with E-state index < -0.39 is 5.63 Å². The van der Waals surface area contributed by atoms with Gasteiger partial charge in [0.25, 0.3) is 5.91 Å². The first-order valence-electron chi connectivity index (χ1n) is 4.73.